The van der Waals surface area contributed by atoms with Crippen molar-refractivity contribution in [3.63, 3.8) is 0 Å². The van der Waals surface area contributed by atoms with Gasteiger partial charge < -0.3 is 0 Å². The van der Waals surface area contributed by atoms with E-state index < -0.39 is 0 Å². The number of likely N-dealkylation sites (tertiary alicyclic amines) is 1. The second-order valence-corrected chi connectivity index (χ2v) is 5.36. The minimum atomic E-state index is 0.655. The molecule has 0 spiro atoms. The average molecular weight is 227 g/mol. The van der Waals surface area contributed by atoms with Crippen LogP contribution in [0.2, 0.25) is 0 Å². The number of thiol groups is 1. The molecule has 1 fully saturated rings. The van der Waals surface area contributed by atoms with Crippen molar-refractivity contribution in [1.82, 2.24) is 4.90 Å². The number of allylic oxidation sites excluding steroid dienone is 1. The Kier molecular flexibility index (Phi) is 5.77. The number of hydrogen-bond acceptors (Lipinski definition) is 2. The Hall–Kier alpha value is 0.0500. The van der Waals surface area contributed by atoms with Gasteiger partial charge in [-0.25, -0.2) is 0 Å². The molecule has 1 aliphatic heterocycles. The summed E-state index contributed by atoms with van der Waals surface area (Å²) in [6.07, 6.45) is 5.28. The van der Waals surface area contributed by atoms with E-state index in [9.17, 15) is 0 Å². The second-order valence-electron chi connectivity index (χ2n) is 5.08. The van der Waals surface area contributed by atoms with Gasteiger partial charge in [0.05, 0.1) is 0 Å². The van der Waals surface area contributed by atoms with Crippen molar-refractivity contribution in [2.24, 2.45) is 11.8 Å². The summed E-state index contributed by atoms with van der Waals surface area (Å²) in [5.74, 6) is 2.49. The molecular weight excluding hydrogens is 202 g/mol. The van der Waals surface area contributed by atoms with Crippen LogP contribution in [0, 0.1) is 11.8 Å². The van der Waals surface area contributed by atoms with Crippen LogP contribution in [0.3, 0.4) is 0 Å². The first-order valence-corrected chi connectivity index (χ1v) is 6.77. The van der Waals surface area contributed by atoms with Crippen LogP contribution >= 0.6 is 12.6 Å². The van der Waals surface area contributed by atoms with E-state index in [1.807, 2.05) is 0 Å². The maximum atomic E-state index is 4.32. The van der Waals surface area contributed by atoms with Gasteiger partial charge in [0, 0.05) is 12.4 Å². The molecular formula is C13H25NS. The zero-order valence-corrected chi connectivity index (χ0v) is 11.1. The molecule has 0 aromatic heterocycles. The van der Waals surface area contributed by atoms with E-state index in [1.54, 1.807) is 0 Å². The Balaban J connectivity index is 2.09. The van der Waals surface area contributed by atoms with E-state index in [1.165, 1.54) is 44.3 Å². The number of hydrogen-bond donors (Lipinski definition) is 1. The highest BCUT2D eigenvalue weighted by Gasteiger charge is 2.20. The molecule has 1 heterocycles. The standard InChI is InChI=1S/C13H25NS/c1-11(2)12(3)5-4-6-13-7-8-14(9-13)10-15/h11,13,15H,3-10H2,1-2H3. The maximum Gasteiger partial charge on any atom is 0.0414 e. The molecule has 0 saturated carbocycles. The topological polar surface area (TPSA) is 3.24 Å². The summed E-state index contributed by atoms with van der Waals surface area (Å²) in [5, 5.41) is 0. The van der Waals surface area contributed by atoms with E-state index in [2.05, 4.69) is 38.0 Å². The van der Waals surface area contributed by atoms with E-state index in [0.29, 0.717) is 5.92 Å². The van der Waals surface area contributed by atoms with Crippen molar-refractivity contribution in [1.29, 1.82) is 0 Å². The molecule has 0 aromatic rings. The molecule has 15 heavy (non-hydrogen) atoms. The van der Waals surface area contributed by atoms with Crippen LogP contribution < -0.4 is 0 Å². The van der Waals surface area contributed by atoms with Crippen LogP contribution in [-0.2, 0) is 0 Å². The minimum Gasteiger partial charge on any atom is -0.294 e. The Labute approximate surface area is 100 Å². The lowest BCUT2D eigenvalue weighted by Gasteiger charge is -2.13. The lowest BCUT2D eigenvalue weighted by Crippen LogP contribution is -2.18. The van der Waals surface area contributed by atoms with Gasteiger partial charge in [0.25, 0.3) is 0 Å². The SMILES string of the molecule is C=C(CCCC1CCN(CS)C1)C(C)C. The Morgan fingerprint density at radius 1 is 1.53 bits per heavy atom. The molecule has 0 aromatic carbocycles. The van der Waals surface area contributed by atoms with Crippen molar-refractivity contribution in [3.05, 3.63) is 12.2 Å². The lowest BCUT2D eigenvalue weighted by atomic mass is 9.95. The van der Waals surface area contributed by atoms with Crippen LogP contribution in [-0.4, -0.2) is 23.9 Å². The fourth-order valence-corrected chi connectivity index (χ4v) is 2.44. The highest BCUT2D eigenvalue weighted by molar-refractivity contribution is 7.80. The first-order valence-electron chi connectivity index (χ1n) is 6.14. The molecule has 1 rings (SSSR count). The largest absolute Gasteiger partial charge is 0.294 e. The molecule has 1 saturated heterocycles. The highest BCUT2D eigenvalue weighted by atomic mass is 32.1. The molecule has 88 valence electrons. The molecule has 1 atom stereocenters. The Morgan fingerprint density at radius 2 is 2.27 bits per heavy atom. The summed E-state index contributed by atoms with van der Waals surface area (Å²) in [5.41, 5.74) is 1.42. The summed E-state index contributed by atoms with van der Waals surface area (Å²) >= 11 is 4.32. The van der Waals surface area contributed by atoms with Gasteiger partial charge >= 0.3 is 0 Å². The third-order valence-corrected chi connectivity index (χ3v) is 3.90. The van der Waals surface area contributed by atoms with Gasteiger partial charge in [-0.2, -0.15) is 12.6 Å². The van der Waals surface area contributed by atoms with E-state index in [-0.39, 0.29) is 0 Å². The van der Waals surface area contributed by atoms with Crippen molar-refractivity contribution >= 4 is 12.6 Å². The quantitative estimate of drug-likeness (QED) is 0.536. The zero-order valence-electron chi connectivity index (χ0n) is 10.2. The molecule has 1 unspecified atom stereocenters. The molecule has 2 heteroatoms. The third kappa shape index (κ3) is 4.60. The summed E-state index contributed by atoms with van der Waals surface area (Å²) in [7, 11) is 0. The molecule has 0 N–H and O–H groups in total. The molecule has 0 amide bonds. The zero-order chi connectivity index (χ0) is 11.3. The fraction of sp³-hybridized carbons (Fsp3) is 0.846. The van der Waals surface area contributed by atoms with Crippen molar-refractivity contribution in [2.75, 3.05) is 19.0 Å². The van der Waals surface area contributed by atoms with E-state index >= 15 is 0 Å². The van der Waals surface area contributed by atoms with Gasteiger partial charge in [-0.05, 0) is 44.1 Å². The van der Waals surface area contributed by atoms with Crippen molar-refractivity contribution in [2.45, 2.75) is 39.5 Å². The minimum absolute atomic E-state index is 0.655. The fourth-order valence-electron chi connectivity index (χ4n) is 2.18. The van der Waals surface area contributed by atoms with Crippen LogP contribution in [0.1, 0.15) is 39.5 Å². The molecule has 1 nitrogen and oxygen atoms in total. The molecule has 0 radical (unpaired) electrons. The van der Waals surface area contributed by atoms with Gasteiger partial charge in [0.1, 0.15) is 0 Å². The van der Waals surface area contributed by atoms with E-state index in [4.69, 9.17) is 0 Å². The van der Waals surface area contributed by atoms with Crippen LogP contribution in [0.5, 0.6) is 0 Å². The second kappa shape index (κ2) is 6.59. The lowest BCUT2D eigenvalue weighted by molar-refractivity contribution is 0.372. The Bertz CT molecular complexity index is 201. The smallest absolute Gasteiger partial charge is 0.0414 e. The highest BCUT2D eigenvalue weighted by Crippen LogP contribution is 2.23. The summed E-state index contributed by atoms with van der Waals surface area (Å²) in [4.78, 5) is 2.44. The maximum absolute atomic E-state index is 4.32. The van der Waals surface area contributed by atoms with Gasteiger partial charge in [-0.1, -0.05) is 26.0 Å². The van der Waals surface area contributed by atoms with Crippen LogP contribution in [0.15, 0.2) is 12.2 Å². The van der Waals surface area contributed by atoms with Gasteiger partial charge in [-0.15, -0.1) is 0 Å². The van der Waals surface area contributed by atoms with Gasteiger partial charge in [-0.3, -0.25) is 4.90 Å². The molecule has 0 bridgehead atoms. The monoisotopic (exact) mass is 227 g/mol. The first kappa shape index (κ1) is 13.1. The summed E-state index contributed by atoms with van der Waals surface area (Å²) < 4.78 is 0. The van der Waals surface area contributed by atoms with Crippen molar-refractivity contribution in [3.8, 4) is 0 Å². The number of nitrogens with zero attached hydrogens (tertiary/aromatic N) is 1. The van der Waals surface area contributed by atoms with Crippen LogP contribution in [0.25, 0.3) is 0 Å². The Morgan fingerprint density at radius 3 is 2.80 bits per heavy atom. The average Bonchev–Trinajstić information content (AvgIpc) is 2.65. The predicted molar refractivity (Wildman–Crippen MR) is 71.4 cm³/mol. The number of rotatable bonds is 6. The van der Waals surface area contributed by atoms with Gasteiger partial charge in [0.2, 0.25) is 0 Å². The molecule has 1 aliphatic rings. The predicted octanol–water partition coefficient (Wildman–Crippen LogP) is 3.58. The van der Waals surface area contributed by atoms with E-state index in [0.717, 1.165) is 11.8 Å². The normalized spacial score (nSPS) is 22.5. The first-order chi connectivity index (χ1) is 7.13. The third-order valence-electron chi connectivity index (χ3n) is 3.50. The van der Waals surface area contributed by atoms with Gasteiger partial charge in [0.15, 0.2) is 0 Å². The van der Waals surface area contributed by atoms with Crippen LogP contribution in [0.4, 0.5) is 0 Å². The van der Waals surface area contributed by atoms with Crippen molar-refractivity contribution < 1.29 is 0 Å². The summed E-state index contributed by atoms with van der Waals surface area (Å²) in [6, 6.07) is 0. The molecule has 0 aliphatic carbocycles. The summed E-state index contributed by atoms with van der Waals surface area (Å²) in [6.45, 7) is 11.1.